The highest BCUT2D eigenvalue weighted by molar-refractivity contribution is 6.08. The number of ether oxygens (including phenoxy) is 1. The molecule has 3 aromatic rings. The van der Waals surface area contributed by atoms with E-state index in [1.807, 2.05) is 35.9 Å². The smallest absolute Gasteiger partial charge is 0.168 e. The maximum Gasteiger partial charge on any atom is 0.168 e. The van der Waals surface area contributed by atoms with Gasteiger partial charge in [-0.1, -0.05) is 18.2 Å². The van der Waals surface area contributed by atoms with Crippen LogP contribution in [0.4, 0.5) is 0 Å². The van der Waals surface area contributed by atoms with E-state index < -0.39 is 0 Å². The molecule has 0 unspecified atom stereocenters. The lowest BCUT2D eigenvalue weighted by Gasteiger charge is -2.05. The van der Waals surface area contributed by atoms with E-state index in [-0.39, 0.29) is 0 Å². The summed E-state index contributed by atoms with van der Waals surface area (Å²) in [7, 11) is 3.57. The van der Waals surface area contributed by atoms with Crippen LogP contribution in [-0.2, 0) is 7.05 Å². The predicted molar refractivity (Wildman–Crippen MR) is 70.2 cm³/mol. The third-order valence-electron chi connectivity index (χ3n) is 3.17. The fourth-order valence-corrected chi connectivity index (χ4v) is 2.35. The van der Waals surface area contributed by atoms with Crippen molar-refractivity contribution in [3.8, 4) is 5.75 Å². The first-order chi connectivity index (χ1) is 8.76. The van der Waals surface area contributed by atoms with Crippen LogP contribution >= 0.6 is 0 Å². The minimum Gasteiger partial charge on any atom is -0.494 e. The fraction of sp³-hybridized carbons (Fsp3) is 0.143. The number of nitrogens with zero attached hydrogens (tertiary/aromatic N) is 2. The van der Waals surface area contributed by atoms with Crippen LogP contribution in [0.25, 0.3) is 21.9 Å². The minimum absolute atomic E-state index is 0.385. The third kappa shape index (κ3) is 1.32. The molecule has 90 valence electrons. The molecule has 0 saturated heterocycles. The molecule has 2 aromatic heterocycles. The lowest BCUT2D eigenvalue weighted by Crippen LogP contribution is -1.95. The lowest BCUT2D eigenvalue weighted by atomic mass is 10.2. The second kappa shape index (κ2) is 3.84. The standard InChI is InChI=1S/C14H12N2O2/c1-16-11-6-4-3-5-10(11)13-14(16)12(18-2)7-9(8-17)15-13/h3-8H,1-2H3. The highest BCUT2D eigenvalue weighted by atomic mass is 16.5. The van der Waals surface area contributed by atoms with Gasteiger partial charge in [0.25, 0.3) is 0 Å². The number of benzene rings is 1. The molecule has 18 heavy (non-hydrogen) atoms. The Bertz CT molecular complexity index is 759. The Kier molecular flexibility index (Phi) is 2.30. The quantitative estimate of drug-likeness (QED) is 0.646. The topological polar surface area (TPSA) is 44.1 Å². The van der Waals surface area contributed by atoms with Crippen molar-refractivity contribution in [3.63, 3.8) is 0 Å². The van der Waals surface area contributed by atoms with Crippen molar-refractivity contribution >= 4 is 28.2 Å². The van der Waals surface area contributed by atoms with E-state index in [0.717, 1.165) is 28.2 Å². The number of aromatic nitrogens is 2. The number of methoxy groups -OCH3 is 1. The zero-order chi connectivity index (χ0) is 12.7. The Balaban J connectivity index is 2.58. The van der Waals surface area contributed by atoms with Crippen molar-refractivity contribution < 1.29 is 9.53 Å². The van der Waals surface area contributed by atoms with Gasteiger partial charge in [0.05, 0.1) is 12.6 Å². The summed E-state index contributed by atoms with van der Waals surface area (Å²) in [6, 6.07) is 9.63. The number of aryl methyl sites for hydroxylation is 1. The second-order valence-electron chi connectivity index (χ2n) is 4.14. The minimum atomic E-state index is 0.385. The Morgan fingerprint density at radius 2 is 2.11 bits per heavy atom. The van der Waals surface area contributed by atoms with E-state index in [0.29, 0.717) is 11.4 Å². The highest BCUT2D eigenvalue weighted by Gasteiger charge is 2.14. The average molecular weight is 240 g/mol. The van der Waals surface area contributed by atoms with Gasteiger partial charge in [-0.25, -0.2) is 4.98 Å². The van der Waals surface area contributed by atoms with Gasteiger partial charge in [0.2, 0.25) is 0 Å². The molecule has 0 bridgehead atoms. The molecule has 4 heteroatoms. The highest BCUT2D eigenvalue weighted by Crippen LogP contribution is 2.32. The number of aldehydes is 1. The molecule has 0 aliphatic carbocycles. The first kappa shape index (κ1) is 10.8. The van der Waals surface area contributed by atoms with Crippen LogP contribution in [0.3, 0.4) is 0 Å². The number of para-hydroxylation sites is 1. The first-order valence-electron chi connectivity index (χ1n) is 5.63. The van der Waals surface area contributed by atoms with Crippen molar-refractivity contribution in [3.05, 3.63) is 36.0 Å². The monoisotopic (exact) mass is 240 g/mol. The summed E-state index contributed by atoms with van der Waals surface area (Å²) in [5.74, 6) is 0.667. The van der Waals surface area contributed by atoms with Gasteiger partial charge < -0.3 is 9.30 Å². The molecule has 0 atom stereocenters. The number of pyridine rings is 1. The van der Waals surface area contributed by atoms with Gasteiger partial charge in [-0.3, -0.25) is 4.79 Å². The Labute approximate surface area is 104 Å². The molecule has 4 nitrogen and oxygen atoms in total. The molecule has 3 rings (SSSR count). The predicted octanol–water partition coefficient (Wildman–Crippen LogP) is 2.55. The molecule has 0 saturated carbocycles. The Hall–Kier alpha value is -2.36. The maximum absolute atomic E-state index is 10.9. The summed E-state index contributed by atoms with van der Waals surface area (Å²) in [6.45, 7) is 0. The van der Waals surface area contributed by atoms with Gasteiger partial charge in [-0.2, -0.15) is 0 Å². The molecule has 0 N–H and O–H groups in total. The number of hydrogen-bond donors (Lipinski definition) is 0. The molecule has 0 spiro atoms. The molecule has 2 heterocycles. The molecule has 0 aliphatic rings. The molecular weight excluding hydrogens is 228 g/mol. The van der Waals surface area contributed by atoms with Crippen LogP contribution in [0.1, 0.15) is 10.5 Å². The Morgan fingerprint density at radius 3 is 2.83 bits per heavy atom. The second-order valence-corrected chi connectivity index (χ2v) is 4.14. The van der Waals surface area contributed by atoms with Crippen LogP contribution in [0, 0.1) is 0 Å². The molecule has 0 aliphatic heterocycles. The summed E-state index contributed by atoms with van der Waals surface area (Å²) in [5.41, 5.74) is 3.16. The molecule has 0 radical (unpaired) electrons. The average Bonchev–Trinajstić information content (AvgIpc) is 2.72. The van der Waals surface area contributed by atoms with Crippen molar-refractivity contribution in [2.45, 2.75) is 0 Å². The molecule has 1 aromatic carbocycles. The van der Waals surface area contributed by atoms with Crippen LogP contribution in [-0.4, -0.2) is 22.9 Å². The number of carbonyl (C=O) groups excluding carboxylic acids is 1. The van der Waals surface area contributed by atoms with E-state index in [1.54, 1.807) is 13.2 Å². The van der Waals surface area contributed by atoms with Gasteiger partial charge in [0.1, 0.15) is 22.5 Å². The third-order valence-corrected chi connectivity index (χ3v) is 3.17. The number of carbonyl (C=O) groups is 1. The van der Waals surface area contributed by atoms with Crippen LogP contribution in [0.5, 0.6) is 5.75 Å². The SMILES string of the molecule is COc1cc(C=O)nc2c3ccccc3n(C)c12. The van der Waals surface area contributed by atoms with E-state index in [9.17, 15) is 4.79 Å². The van der Waals surface area contributed by atoms with E-state index in [2.05, 4.69) is 4.98 Å². The molecule has 0 fully saturated rings. The number of fused-ring (bicyclic) bond motifs is 3. The van der Waals surface area contributed by atoms with Crippen molar-refractivity contribution in [1.82, 2.24) is 9.55 Å². The van der Waals surface area contributed by atoms with Gasteiger partial charge in [-0.15, -0.1) is 0 Å². The molecule has 0 amide bonds. The van der Waals surface area contributed by atoms with Gasteiger partial charge in [-0.05, 0) is 6.07 Å². The van der Waals surface area contributed by atoms with E-state index in [4.69, 9.17) is 4.74 Å². The number of rotatable bonds is 2. The summed E-state index contributed by atoms with van der Waals surface area (Å²) in [4.78, 5) is 15.3. The fourth-order valence-electron chi connectivity index (χ4n) is 2.35. The lowest BCUT2D eigenvalue weighted by molar-refractivity contribution is 0.111. The van der Waals surface area contributed by atoms with Gasteiger partial charge in [0.15, 0.2) is 6.29 Å². The zero-order valence-corrected chi connectivity index (χ0v) is 10.2. The van der Waals surface area contributed by atoms with E-state index >= 15 is 0 Å². The van der Waals surface area contributed by atoms with Crippen molar-refractivity contribution in [1.29, 1.82) is 0 Å². The van der Waals surface area contributed by atoms with Crippen molar-refractivity contribution in [2.24, 2.45) is 7.05 Å². The summed E-state index contributed by atoms with van der Waals surface area (Å²) < 4.78 is 7.39. The maximum atomic E-state index is 10.9. The van der Waals surface area contributed by atoms with Crippen LogP contribution in [0.15, 0.2) is 30.3 Å². The Morgan fingerprint density at radius 1 is 1.33 bits per heavy atom. The summed E-state index contributed by atoms with van der Waals surface area (Å²) in [5, 5.41) is 1.03. The summed E-state index contributed by atoms with van der Waals surface area (Å²) >= 11 is 0. The molecular formula is C14H12N2O2. The van der Waals surface area contributed by atoms with E-state index in [1.165, 1.54) is 0 Å². The summed E-state index contributed by atoms with van der Waals surface area (Å²) in [6.07, 6.45) is 0.740. The number of hydrogen-bond acceptors (Lipinski definition) is 3. The first-order valence-corrected chi connectivity index (χ1v) is 5.63. The van der Waals surface area contributed by atoms with Crippen LogP contribution in [0.2, 0.25) is 0 Å². The largest absolute Gasteiger partial charge is 0.494 e. The van der Waals surface area contributed by atoms with Gasteiger partial charge >= 0.3 is 0 Å². The normalized spacial score (nSPS) is 11.0. The van der Waals surface area contributed by atoms with Crippen LogP contribution < -0.4 is 4.74 Å². The van der Waals surface area contributed by atoms with Crippen molar-refractivity contribution in [2.75, 3.05) is 7.11 Å². The van der Waals surface area contributed by atoms with Gasteiger partial charge in [0, 0.05) is 18.5 Å². The zero-order valence-electron chi connectivity index (χ0n) is 10.2.